The van der Waals surface area contributed by atoms with Gasteiger partial charge in [-0.15, -0.1) is 0 Å². The Balaban J connectivity index is 1.85. The van der Waals surface area contributed by atoms with Crippen molar-refractivity contribution in [1.29, 1.82) is 5.26 Å². The Morgan fingerprint density at radius 3 is 2.35 bits per heavy atom. The number of hydrogen-bond acceptors (Lipinski definition) is 9. The van der Waals surface area contributed by atoms with Gasteiger partial charge in [-0.1, -0.05) is 17.7 Å². The summed E-state index contributed by atoms with van der Waals surface area (Å²) >= 11 is 6.25. The molecule has 3 aromatic rings. The number of aliphatic hydroxyl groups excluding tert-OH is 1. The maximum absolute atomic E-state index is 12.8. The highest BCUT2D eigenvalue weighted by atomic mass is 35.5. The first-order valence-electron chi connectivity index (χ1n) is 10.4. The van der Waals surface area contributed by atoms with Crippen molar-refractivity contribution in [2.75, 3.05) is 11.9 Å². The molecule has 0 aliphatic rings. The molecule has 0 unspecified atom stereocenters. The molecule has 0 aromatic carbocycles. The Morgan fingerprint density at radius 1 is 1.14 bits per heavy atom. The highest BCUT2D eigenvalue weighted by Gasteiger charge is 2.51. The van der Waals surface area contributed by atoms with E-state index >= 15 is 0 Å². The van der Waals surface area contributed by atoms with Crippen molar-refractivity contribution in [2.24, 2.45) is 0 Å². The number of aromatic nitrogens is 3. The number of pyridine rings is 2. The summed E-state index contributed by atoms with van der Waals surface area (Å²) in [4.78, 5) is 23.4. The van der Waals surface area contributed by atoms with Crippen LogP contribution < -0.4 is 10.6 Å². The Bertz CT molecular complexity index is 1310. The van der Waals surface area contributed by atoms with Gasteiger partial charge in [-0.25, -0.2) is 9.97 Å². The van der Waals surface area contributed by atoms with Crippen LogP contribution in [-0.4, -0.2) is 95.8 Å². The van der Waals surface area contributed by atoms with E-state index in [0.29, 0.717) is 16.7 Å². The molecule has 8 radical (unpaired) electrons. The number of nitrogens with one attached hydrogen (secondary N) is 3. The predicted octanol–water partition coefficient (Wildman–Crippen LogP) is -1.47. The first-order chi connectivity index (χ1) is 17.2. The number of H-pyrrole nitrogens is 1. The van der Waals surface area contributed by atoms with E-state index in [1.165, 1.54) is 36.8 Å². The van der Waals surface area contributed by atoms with Crippen LogP contribution in [0.1, 0.15) is 27.8 Å². The van der Waals surface area contributed by atoms with Gasteiger partial charge in [0, 0.05) is 40.5 Å². The van der Waals surface area contributed by atoms with Gasteiger partial charge in [0.2, 0.25) is 0 Å². The molecule has 1 atom stereocenters. The van der Waals surface area contributed by atoms with Gasteiger partial charge in [-0.05, 0) is 23.8 Å². The average Bonchev–Trinajstić information content (AvgIpc) is 3.32. The molecule has 0 bridgehead atoms. The van der Waals surface area contributed by atoms with E-state index in [9.17, 15) is 25.2 Å². The Morgan fingerprint density at radius 2 is 1.81 bits per heavy atom. The molecule has 0 saturated heterocycles. The summed E-state index contributed by atoms with van der Waals surface area (Å²) in [6.45, 7) is -0.426. The predicted molar refractivity (Wildman–Crippen MR) is 137 cm³/mol. The molecule has 0 fully saturated rings. The van der Waals surface area contributed by atoms with Crippen LogP contribution in [0.25, 0.3) is 11.1 Å². The van der Waals surface area contributed by atoms with E-state index in [4.69, 9.17) is 48.2 Å². The summed E-state index contributed by atoms with van der Waals surface area (Å²) in [5, 5.41) is 48.0. The number of amides is 1. The molecule has 11 nitrogen and oxygen atoms in total. The van der Waals surface area contributed by atoms with Crippen molar-refractivity contribution in [3.05, 3.63) is 64.8 Å². The molecule has 3 rings (SSSR count). The number of rotatable bonds is 9. The summed E-state index contributed by atoms with van der Waals surface area (Å²) in [6.07, 6.45) is 4.00. The van der Waals surface area contributed by atoms with Crippen LogP contribution in [0.4, 0.5) is 5.82 Å². The molecule has 1 amide bonds. The van der Waals surface area contributed by atoms with E-state index < -0.39 is 35.1 Å². The average molecular weight is 512 g/mol. The van der Waals surface area contributed by atoms with Gasteiger partial charge in [0.1, 0.15) is 54.7 Å². The van der Waals surface area contributed by atoms with Gasteiger partial charge >= 0.3 is 0 Å². The second-order valence-electron chi connectivity index (χ2n) is 8.13. The number of aliphatic hydroxyl groups is 4. The van der Waals surface area contributed by atoms with E-state index in [1.807, 2.05) is 6.07 Å². The molecule has 0 aliphatic carbocycles. The minimum atomic E-state index is -3.07. The van der Waals surface area contributed by atoms with Crippen molar-refractivity contribution >= 4 is 54.7 Å². The van der Waals surface area contributed by atoms with Gasteiger partial charge < -0.3 is 36.0 Å². The third-order valence-corrected chi connectivity index (χ3v) is 5.65. The number of aromatic amines is 1. The zero-order chi connectivity index (χ0) is 27.6. The van der Waals surface area contributed by atoms with Crippen LogP contribution in [0.2, 0.25) is 5.02 Å². The lowest BCUT2D eigenvalue weighted by molar-refractivity contribution is -0.105. The summed E-state index contributed by atoms with van der Waals surface area (Å²) < 4.78 is 0. The Labute approximate surface area is 221 Å². The summed E-state index contributed by atoms with van der Waals surface area (Å²) in [5.74, 6) is -0.772. The van der Waals surface area contributed by atoms with Crippen LogP contribution in [-0.2, 0) is 0 Å². The molecule has 16 heteroatoms. The normalized spacial score (nSPS) is 13.0. The zero-order valence-electron chi connectivity index (χ0n) is 19.1. The van der Waals surface area contributed by atoms with Gasteiger partial charge in [-0.3, -0.25) is 4.79 Å². The van der Waals surface area contributed by atoms with Gasteiger partial charge in [0.15, 0.2) is 5.72 Å². The molecule has 7 N–H and O–H groups in total. The van der Waals surface area contributed by atoms with Gasteiger partial charge in [0.25, 0.3) is 5.91 Å². The molecular formula is C21H17B4ClN6O5. The van der Waals surface area contributed by atoms with Crippen molar-refractivity contribution in [3.63, 3.8) is 0 Å². The van der Waals surface area contributed by atoms with Crippen LogP contribution >= 0.6 is 11.6 Å². The molecule has 180 valence electrons. The number of halogens is 1. The first-order valence-corrected chi connectivity index (χ1v) is 10.8. The smallest absolute Gasteiger partial charge is 0.268 e. The number of carbonyl (C=O) groups is 1. The van der Waals surface area contributed by atoms with Crippen molar-refractivity contribution < 1.29 is 25.2 Å². The fraction of sp³-hybridized carbons (Fsp3) is 0.238. The molecule has 0 spiro atoms. The third kappa shape index (κ3) is 6.01. The maximum Gasteiger partial charge on any atom is 0.268 e. The van der Waals surface area contributed by atoms with E-state index in [1.54, 1.807) is 6.07 Å². The number of nitrogens with zero attached hydrogens (tertiary/aromatic N) is 3. The number of anilines is 1. The fourth-order valence-electron chi connectivity index (χ4n) is 3.26. The van der Waals surface area contributed by atoms with E-state index in [2.05, 4.69) is 25.6 Å². The number of carbonyl (C=O) groups excluding carboxylic acids is 1. The lowest BCUT2D eigenvalue weighted by Crippen LogP contribution is -2.73. The highest BCUT2D eigenvalue weighted by molar-refractivity contribution is 6.45. The molecule has 0 saturated carbocycles. The van der Waals surface area contributed by atoms with Crippen LogP contribution in [0.5, 0.6) is 0 Å². The third-order valence-electron chi connectivity index (χ3n) is 5.35. The van der Waals surface area contributed by atoms with E-state index in [0.717, 1.165) is 0 Å². The standard InChI is InChI=1S/C21H17B4ClN6O5/c22-20(23,36)19(35,21(24,25)37)32-17-4-13(14(26)8-30-17)11-3-15(29-7-11)18(34)31-16(9-33)10-1-2-12(5-27)28-6-10/h1-4,6-8,16,29,33,35-37H,9H2,(H,30,32)(H,31,34)/t16-/m1/s1. The number of hydrogen-bond donors (Lipinski definition) is 7. The SMILES string of the molecule is [B]C([B])(O)C(O)(Nc1cc(-c2c[nH]c(C(=O)N[C@H](CO)c3ccc(C#N)nc3)c2)c(Cl)cn1)C([B])([B])O. The Kier molecular flexibility index (Phi) is 8.12. The quantitative estimate of drug-likeness (QED) is 0.133. The fourth-order valence-corrected chi connectivity index (χ4v) is 3.48. The second kappa shape index (κ2) is 10.6. The first kappa shape index (κ1) is 28.3. The monoisotopic (exact) mass is 512 g/mol. The molecule has 3 heterocycles. The zero-order valence-corrected chi connectivity index (χ0v) is 19.8. The molecule has 0 aliphatic heterocycles. The lowest BCUT2D eigenvalue weighted by atomic mass is 9.46. The highest BCUT2D eigenvalue weighted by Crippen LogP contribution is 2.33. The van der Waals surface area contributed by atoms with Crippen LogP contribution in [0, 0.1) is 11.3 Å². The topological polar surface area (TPSA) is 187 Å². The van der Waals surface area contributed by atoms with Gasteiger partial charge in [-0.2, -0.15) is 5.26 Å². The Hall–Kier alpha value is -3.27. The summed E-state index contributed by atoms with van der Waals surface area (Å²) in [7, 11) is 21.3. The minimum Gasteiger partial charge on any atom is -0.404 e. The van der Waals surface area contributed by atoms with Crippen LogP contribution in [0.3, 0.4) is 0 Å². The maximum atomic E-state index is 12.8. The van der Waals surface area contributed by atoms with E-state index in [-0.39, 0.29) is 22.2 Å². The molecular weight excluding hydrogens is 495 g/mol. The van der Waals surface area contributed by atoms with Crippen molar-refractivity contribution in [3.8, 4) is 17.2 Å². The second-order valence-corrected chi connectivity index (χ2v) is 8.54. The summed E-state index contributed by atoms with van der Waals surface area (Å²) in [5.41, 5.74) is -1.60. The molecule has 3 aromatic heterocycles. The van der Waals surface area contributed by atoms with Crippen molar-refractivity contribution in [1.82, 2.24) is 20.3 Å². The molecule has 37 heavy (non-hydrogen) atoms. The van der Waals surface area contributed by atoms with Crippen molar-refractivity contribution in [2.45, 2.75) is 22.6 Å². The van der Waals surface area contributed by atoms with Gasteiger partial charge in [0.05, 0.1) is 17.7 Å². The lowest BCUT2D eigenvalue weighted by Gasteiger charge is -2.49. The largest absolute Gasteiger partial charge is 0.404 e. The number of nitriles is 1. The summed E-state index contributed by atoms with van der Waals surface area (Å²) in [6, 6.07) is 6.84. The van der Waals surface area contributed by atoms with Crippen LogP contribution in [0.15, 0.2) is 42.9 Å². The minimum absolute atomic E-state index is 0.102.